The van der Waals surface area contributed by atoms with Gasteiger partial charge in [-0.15, -0.1) is 0 Å². The first-order valence-corrected chi connectivity index (χ1v) is 6.40. The first-order chi connectivity index (χ1) is 7.26. The van der Waals surface area contributed by atoms with Crippen LogP contribution in [0.2, 0.25) is 0 Å². The third kappa shape index (κ3) is 3.03. The van der Waals surface area contributed by atoms with Crippen molar-refractivity contribution in [3.63, 3.8) is 0 Å². The Hall–Kier alpha value is -0.920. The molecule has 0 amide bonds. The lowest BCUT2D eigenvalue weighted by Gasteiger charge is -2.32. The molecule has 6 nitrogen and oxygen atoms in total. The van der Waals surface area contributed by atoms with Crippen LogP contribution >= 0.6 is 0 Å². The number of hydrogen-bond acceptors (Lipinski definition) is 4. The molecule has 0 spiro atoms. The molecule has 7 heteroatoms. The van der Waals surface area contributed by atoms with Gasteiger partial charge < -0.3 is 4.90 Å². The average molecular weight is 246 g/mol. The average Bonchev–Trinajstić information content (AvgIpc) is 2.68. The number of H-pyrrole nitrogens is 1. The summed E-state index contributed by atoms with van der Waals surface area (Å²) in [6.45, 7) is 4.27. The van der Waals surface area contributed by atoms with Gasteiger partial charge in [-0.1, -0.05) is 0 Å². The molecule has 0 aliphatic carbocycles. The fraction of sp³-hybridized carbons (Fsp3) is 0.667. The molecule has 0 aliphatic rings. The largest absolute Gasteiger partial charge is 0.303 e. The van der Waals surface area contributed by atoms with Crippen LogP contribution in [0.1, 0.15) is 13.8 Å². The van der Waals surface area contributed by atoms with E-state index in [1.807, 2.05) is 32.8 Å². The van der Waals surface area contributed by atoms with Crippen molar-refractivity contribution in [2.75, 3.05) is 20.6 Å². The number of aromatic nitrogens is 2. The molecule has 0 aliphatic heterocycles. The van der Waals surface area contributed by atoms with Crippen LogP contribution in [0.25, 0.3) is 0 Å². The maximum atomic E-state index is 11.8. The van der Waals surface area contributed by atoms with Gasteiger partial charge in [0.05, 0.1) is 6.20 Å². The predicted molar refractivity (Wildman–Crippen MR) is 61.5 cm³/mol. The van der Waals surface area contributed by atoms with Crippen molar-refractivity contribution in [1.82, 2.24) is 19.8 Å². The standard InChI is InChI=1S/C9H18N4O2S/c1-9(2,13(3)4)7-12-16(14,15)8-5-10-11-6-8/h5-6,12H,7H2,1-4H3,(H,10,11). The molecule has 0 fully saturated rings. The van der Waals surface area contributed by atoms with Gasteiger partial charge in [0, 0.05) is 18.3 Å². The Morgan fingerprint density at radius 3 is 2.56 bits per heavy atom. The lowest BCUT2D eigenvalue weighted by Crippen LogP contribution is -2.48. The molecule has 1 aromatic rings. The first-order valence-electron chi connectivity index (χ1n) is 4.91. The van der Waals surface area contributed by atoms with Gasteiger partial charge in [0.1, 0.15) is 4.90 Å². The first kappa shape index (κ1) is 13.1. The van der Waals surface area contributed by atoms with Gasteiger partial charge in [-0.2, -0.15) is 5.10 Å². The van der Waals surface area contributed by atoms with Gasteiger partial charge in [-0.05, 0) is 27.9 Å². The van der Waals surface area contributed by atoms with Crippen molar-refractivity contribution in [2.45, 2.75) is 24.3 Å². The third-order valence-corrected chi connectivity index (χ3v) is 4.06. The number of nitrogens with one attached hydrogen (secondary N) is 2. The summed E-state index contributed by atoms with van der Waals surface area (Å²) in [6, 6.07) is 0. The summed E-state index contributed by atoms with van der Waals surface area (Å²) in [5.74, 6) is 0. The summed E-state index contributed by atoms with van der Waals surface area (Å²) < 4.78 is 26.1. The van der Waals surface area contributed by atoms with Crippen LogP contribution < -0.4 is 4.72 Å². The van der Waals surface area contributed by atoms with Crippen LogP contribution in [0.3, 0.4) is 0 Å². The van der Waals surface area contributed by atoms with Crippen molar-refractivity contribution < 1.29 is 8.42 Å². The van der Waals surface area contributed by atoms with Crippen LogP contribution in [0.5, 0.6) is 0 Å². The molecule has 0 bridgehead atoms. The van der Waals surface area contributed by atoms with Crippen LogP contribution in [-0.4, -0.2) is 49.7 Å². The highest BCUT2D eigenvalue weighted by molar-refractivity contribution is 7.89. The fourth-order valence-corrected chi connectivity index (χ4v) is 2.01. The van der Waals surface area contributed by atoms with E-state index in [0.29, 0.717) is 6.54 Å². The molecule has 1 rings (SSSR count). The monoisotopic (exact) mass is 246 g/mol. The highest BCUT2D eigenvalue weighted by Crippen LogP contribution is 2.11. The van der Waals surface area contributed by atoms with Gasteiger partial charge in [-0.3, -0.25) is 5.10 Å². The molecular weight excluding hydrogens is 228 g/mol. The van der Waals surface area contributed by atoms with E-state index >= 15 is 0 Å². The highest BCUT2D eigenvalue weighted by Gasteiger charge is 2.24. The molecule has 0 aromatic carbocycles. The topological polar surface area (TPSA) is 78.1 Å². The van der Waals surface area contributed by atoms with Crippen molar-refractivity contribution in [1.29, 1.82) is 0 Å². The fourth-order valence-electron chi connectivity index (χ4n) is 0.899. The minimum absolute atomic E-state index is 0.155. The number of sulfonamides is 1. The SMILES string of the molecule is CN(C)C(C)(C)CNS(=O)(=O)c1cn[nH]c1. The van der Waals surface area contributed by atoms with E-state index in [1.165, 1.54) is 12.4 Å². The molecule has 92 valence electrons. The van der Waals surface area contributed by atoms with E-state index in [2.05, 4.69) is 14.9 Å². The Morgan fingerprint density at radius 2 is 2.12 bits per heavy atom. The van der Waals surface area contributed by atoms with Crippen LogP contribution in [0, 0.1) is 0 Å². The Bertz CT molecular complexity index is 422. The van der Waals surface area contributed by atoms with Gasteiger partial charge in [0.15, 0.2) is 0 Å². The van der Waals surface area contributed by atoms with Crippen LogP contribution in [0.4, 0.5) is 0 Å². The van der Waals surface area contributed by atoms with Crippen molar-refractivity contribution >= 4 is 10.0 Å². The number of likely N-dealkylation sites (N-methyl/N-ethyl adjacent to an activating group) is 1. The molecule has 0 unspecified atom stereocenters. The normalized spacial score (nSPS) is 13.3. The number of nitrogens with zero attached hydrogens (tertiary/aromatic N) is 2. The number of hydrogen-bond donors (Lipinski definition) is 2. The molecule has 0 saturated carbocycles. The van der Waals surface area contributed by atoms with Gasteiger partial charge in [-0.25, -0.2) is 13.1 Å². The summed E-state index contributed by atoms with van der Waals surface area (Å²) >= 11 is 0. The van der Waals surface area contributed by atoms with E-state index < -0.39 is 10.0 Å². The minimum Gasteiger partial charge on any atom is -0.303 e. The van der Waals surface area contributed by atoms with Crippen molar-refractivity contribution in [2.24, 2.45) is 0 Å². The quantitative estimate of drug-likeness (QED) is 0.768. The molecule has 16 heavy (non-hydrogen) atoms. The zero-order valence-electron chi connectivity index (χ0n) is 9.98. The molecule has 1 aromatic heterocycles. The highest BCUT2D eigenvalue weighted by atomic mass is 32.2. The Morgan fingerprint density at radius 1 is 1.50 bits per heavy atom. The zero-order chi connectivity index (χ0) is 12.4. The smallest absolute Gasteiger partial charge is 0.243 e. The zero-order valence-corrected chi connectivity index (χ0v) is 10.8. The maximum absolute atomic E-state index is 11.8. The third-order valence-electron chi connectivity index (χ3n) is 2.69. The molecule has 1 heterocycles. The second-order valence-corrected chi connectivity index (χ2v) is 6.23. The second kappa shape index (κ2) is 4.52. The van der Waals surface area contributed by atoms with Crippen molar-refractivity contribution in [3.05, 3.63) is 12.4 Å². The Balaban J connectivity index is 2.70. The second-order valence-electron chi connectivity index (χ2n) is 4.47. The van der Waals surface area contributed by atoms with E-state index in [9.17, 15) is 8.42 Å². The Kier molecular flexibility index (Phi) is 3.72. The molecule has 0 saturated heterocycles. The lowest BCUT2D eigenvalue weighted by molar-refractivity contribution is 0.199. The Labute approximate surface area is 96.1 Å². The number of aromatic amines is 1. The molecule has 2 N–H and O–H groups in total. The summed E-state index contributed by atoms with van der Waals surface area (Å²) in [4.78, 5) is 2.12. The summed E-state index contributed by atoms with van der Waals surface area (Å²) in [5.41, 5.74) is -0.239. The van der Waals surface area contributed by atoms with Crippen molar-refractivity contribution in [3.8, 4) is 0 Å². The van der Waals surface area contributed by atoms with Gasteiger partial charge in [0.2, 0.25) is 10.0 Å². The molecular formula is C9H18N4O2S. The maximum Gasteiger partial charge on any atom is 0.243 e. The van der Waals surface area contributed by atoms with E-state index in [1.54, 1.807) is 0 Å². The van der Waals surface area contributed by atoms with Gasteiger partial charge in [0.25, 0.3) is 0 Å². The number of rotatable bonds is 5. The van der Waals surface area contributed by atoms with E-state index in [4.69, 9.17) is 0 Å². The summed E-state index contributed by atoms with van der Waals surface area (Å²) in [7, 11) is 0.364. The molecule has 0 radical (unpaired) electrons. The lowest BCUT2D eigenvalue weighted by atomic mass is 10.1. The van der Waals surface area contributed by atoms with Gasteiger partial charge >= 0.3 is 0 Å². The predicted octanol–water partition coefficient (Wildman–Crippen LogP) is 0.0282. The summed E-state index contributed by atoms with van der Waals surface area (Å²) in [5, 5.41) is 6.09. The van der Waals surface area contributed by atoms with E-state index in [0.717, 1.165) is 0 Å². The van der Waals surface area contributed by atoms with E-state index in [-0.39, 0.29) is 10.4 Å². The minimum atomic E-state index is -3.45. The van der Waals surface area contributed by atoms with Crippen LogP contribution in [-0.2, 0) is 10.0 Å². The summed E-state index contributed by atoms with van der Waals surface area (Å²) in [6.07, 6.45) is 2.63. The molecule has 0 atom stereocenters. The van der Waals surface area contributed by atoms with Crippen LogP contribution in [0.15, 0.2) is 17.3 Å².